The van der Waals surface area contributed by atoms with Crippen molar-refractivity contribution >= 4 is 44.9 Å². The van der Waals surface area contributed by atoms with Gasteiger partial charge in [-0.15, -0.1) is 11.3 Å². The van der Waals surface area contributed by atoms with Crippen LogP contribution >= 0.6 is 23.1 Å². The van der Waals surface area contributed by atoms with Crippen molar-refractivity contribution in [2.24, 2.45) is 7.05 Å². The predicted molar refractivity (Wildman–Crippen MR) is 112 cm³/mol. The Bertz CT molecular complexity index is 1110. The second-order valence-corrected chi connectivity index (χ2v) is 9.30. The van der Waals surface area contributed by atoms with E-state index in [4.69, 9.17) is 4.98 Å². The molecule has 0 radical (unpaired) electrons. The molecule has 2 heterocycles. The lowest BCUT2D eigenvalue weighted by Crippen LogP contribution is -2.25. The number of hydrogen-bond acceptors (Lipinski definition) is 5. The minimum Gasteiger partial charge on any atom is -0.325 e. The molecule has 1 atom stereocenters. The highest BCUT2D eigenvalue weighted by molar-refractivity contribution is 8.00. The molecule has 1 N–H and O–H groups in total. The van der Waals surface area contributed by atoms with Crippen LogP contribution < -0.4 is 10.9 Å². The molecule has 0 unspecified atom stereocenters. The first-order chi connectivity index (χ1) is 13.4. The van der Waals surface area contributed by atoms with E-state index in [2.05, 4.69) is 5.32 Å². The number of thiophene rings is 1. The van der Waals surface area contributed by atoms with Crippen LogP contribution in [0.25, 0.3) is 10.2 Å². The molecular weight excluding hydrogens is 397 g/mol. The van der Waals surface area contributed by atoms with Crippen molar-refractivity contribution in [3.8, 4) is 0 Å². The van der Waals surface area contributed by atoms with Gasteiger partial charge in [-0.1, -0.05) is 11.8 Å². The molecule has 1 aliphatic rings. The van der Waals surface area contributed by atoms with Crippen LogP contribution in [0, 0.1) is 5.82 Å². The fourth-order valence-electron chi connectivity index (χ4n) is 3.36. The van der Waals surface area contributed by atoms with Crippen LogP contribution in [0.15, 0.2) is 34.2 Å². The van der Waals surface area contributed by atoms with Crippen molar-refractivity contribution in [1.82, 2.24) is 9.55 Å². The van der Waals surface area contributed by atoms with Gasteiger partial charge in [0, 0.05) is 17.6 Å². The van der Waals surface area contributed by atoms with E-state index in [9.17, 15) is 14.0 Å². The van der Waals surface area contributed by atoms with Crippen molar-refractivity contribution in [3.63, 3.8) is 0 Å². The number of aryl methyl sites for hydroxylation is 2. The Kier molecular flexibility index (Phi) is 5.25. The number of aromatic nitrogens is 2. The van der Waals surface area contributed by atoms with Crippen molar-refractivity contribution in [3.05, 3.63) is 50.9 Å². The molecule has 4 rings (SSSR count). The lowest BCUT2D eigenvalue weighted by atomic mass is 9.97. The highest BCUT2D eigenvalue weighted by atomic mass is 32.2. The lowest BCUT2D eigenvalue weighted by molar-refractivity contribution is -0.115. The highest BCUT2D eigenvalue weighted by Gasteiger charge is 2.23. The monoisotopic (exact) mass is 417 g/mol. The summed E-state index contributed by atoms with van der Waals surface area (Å²) in [6.07, 6.45) is 4.22. The number of carbonyl (C=O) groups excluding carboxylic acids is 1. The number of fused-ring (bicyclic) bond motifs is 3. The number of thioether (sulfide) groups is 1. The number of benzene rings is 1. The third-order valence-electron chi connectivity index (χ3n) is 4.92. The molecule has 1 aliphatic carbocycles. The third kappa shape index (κ3) is 3.58. The van der Waals surface area contributed by atoms with Gasteiger partial charge in [0.25, 0.3) is 5.56 Å². The maximum absolute atomic E-state index is 13.0. The summed E-state index contributed by atoms with van der Waals surface area (Å²) in [4.78, 5) is 32.2. The van der Waals surface area contributed by atoms with Crippen LogP contribution in [0.5, 0.6) is 0 Å². The Hall–Kier alpha value is -2.19. The topological polar surface area (TPSA) is 64.0 Å². The van der Waals surface area contributed by atoms with E-state index in [1.165, 1.54) is 45.5 Å². The van der Waals surface area contributed by atoms with Gasteiger partial charge in [0.1, 0.15) is 10.6 Å². The molecule has 28 heavy (non-hydrogen) atoms. The zero-order valence-corrected chi connectivity index (χ0v) is 17.3. The average molecular weight is 418 g/mol. The summed E-state index contributed by atoms with van der Waals surface area (Å²) >= 11 is 2.85. The summed E-state index contributed by atoms with van der Waals surface area (Å²) in [5, 5.41) is 3.57. The zero-order valence-electron chi connectivity index (χ0n) is 15.6. The van der Waals surface area contributed by atoms with E-state index in [-0.39, 0.29) is 17.3 Å². The number of amides is 1. The van der Waals surface area contributed by atoms with Crippen LogP contribution in [0.2, 0.25) is 0 Å². The molecule has 0 spiro atoms. The average Bonchev–Trinajstić information content (AvgIpc) is 3.05. The minimum atomic E-state index is -0.463. The Morgan fingerprint density at radius 3 is 2.75 bits per heavy atom. The normalized spacial score (nSPS) is 14.7. The molecular formula is C20H20FN3O2S2. The standard InChI is InChI=1S/C20H20FN3O2S2/c1-11(17(25)22-13-9-7-12(21)8-10-13)27-20-23-18-16(19(26)24(20)2)14-5-3-4-6-15(14)28-18/h7-11H,3-6H2,1-2H3,(H,22,25)/t11-/m1/s1. The summed E-state index contributed by atoms with van der Waals surface area (Å²) in [6.45, 7) is 1.76. The van der Waals surface area contributed by atoms with Crippen molar-refractivity contribution in [2.45, 2.75) is 43.0 Å². The number of rotatable bonds is 4. The van der Waals surface area contributed by atoms with E-state index < -0.39 is 5.25 Å². The van der Waals surface area contributed by atoms with E-state index in [0.29, 0.717) is 10.8 Å². The molecule has 0 aliphatic heterocycles. The van der Waals surface area contributed by atoms with Gasteiger partial charge in [-0.2, -0.15) is 0 Å². The first-order valence-corrected chi connectivity index (χ1v) is 10.9. The van der Waals surface area contributed by atoms with Crippen molar-refractivity contribution < 1.29 is 9.18 Å². The van der Waals surface area contributed by atoms with E-state index in [1.807, 2.05) is 0 Å². The van der Waals surface area contributed by atoms with Crippen molar-refractivity contribution in [1.29, 1.82) is 0 Å². The minimum absolute atomic E-state index is 0.0435. The predicted octanol–water partition coefficient (Wildman–Crippen LogP) is 4.13. The van der Waals surface area contributed by atoms with Gasteiger partial charge in [-0.3, -0.25) is 14.2 Å². The maximum atomic E-state index is 13.0. The Balaban J connectivity index is 1.58. The summed E-state index contributed by atoms with van der Waals surface area (Å²) in [5.74, 6) is -0.581. The fraction of sp³-hybridized carbons (Fsp3) is 0.350. The summed E-state index contributed by atoms with van der Waals surface area (Å²) in [5.41, 5.74) is 1.65. The van der Waals surface area contributed by atoms with Crippen LogP contribution in [0.3, 0.4) is 0 Å². The fourth-order valence-corrected chi connectivity index (χ4v) is 5.54. The Morgan fingerprint density at radius 1 is 1.29 bits per heavy atom. The molecule has 0 saturated heterocycles. The SMILES string of the molecule is C[C@@H](Sc1nc2sc3c(c2c(=O)n1C)CCCC3)C(=O)Nc1ccc(F)cc1. The molecule has 3 aromatic rings. The Morgan fingerprint density at radius 2 is 2.00 bits per heavy atom. The lowest BCUT2D eigenvalue weighted by Gasteiger charge is -2.14. The van der Waals surface area contributed by atoms with E-state index in [0.717, 1.165) is 41.5 Å². The van der Waals surface area contributed by atoms with Gasteiger partial charge in [-0.05, 0) is 62.4 Å². The number of hydrogen-bond donors (Lipinski definition) is 1. The third-order valence-corrected chi connectivity index (χ3v) is 7.25. The Labute approximate surface area is 170 Å². The van der Waals surface area contributed by atoms with E-state index >= 15 is 0 Å². The maximum Gasteiger partial charge on any atom is 0.262 e. The number of halogens is 1. The first-order valence-electron chi connectivity index (χ1n) is 9.18. The first kappa shape index (κ1) is 19.1. The summed E-state index contributed by atoms with van der Waals surface area (Å²) < 4.78 is 14.5. The molecule has 2 aromatic heterocycles. The molecule has 1 amide bonds. The number of nitrogens with one attached hydrogen (secondary N) is 1. The number of nitrogens with zero attached hydrogens (tertiary/aromatic N) is 2. The molecule has 146 valence electrons. The van der Waals surface area contributed by atoms with Crippen LogP contribution in [-0.2, 0) is 24.7 Å². The molecule has 0 fully saturated rings. The second-order valence-electron chi connectivity index (χ2n) is 6.91. The van der Waals surface area contributed by atoms with Crippen molar-refractivity contribution in [2.75, 3.05) is 5.32 Å². The summed E-state index contributed by atoms with van der Waals surface area (Å²) in [7, 11) is 1.70. The molecule has 8 heteroatoms. The molecule has 0 bridgehead atoms. The molecule has 1 aromatic carbocycles. The molecule has 5 nitrogen and oxygen atoms in total. The molecule has 0 saturated carbocycles. The highest BCUT2D eigenvalue weighted by Crippen LogP contribution is 2.35. The van der Waals surface area contributed by atoms with Gasteiger partial charge in [-0.25, -0.2) is 9.37 Å². The van der Waals surface area contributed by atoms with Gasteiger partial charge in [0.2, 0.25) is 5.91 Å². The van der Waals surface area contributed by atoms with Crippen LogP contribution in [-0.4, -0.2) is 20.7 Å². The van der Waals surface area contributed by atoms with Gasteiger partial charge in [0.05, 0.1) is 10.6 Å². The van der Waals surface area contributed by atoms with Gasteiger partial charge < -0.3 is 5.32 Å². The number of carbonyl (C=O) groups is 1. The van der Waals surface area contributed by atoms with Crippen LogP contribution in [0.1, 0.15) is 30.2 Å². The summed E-state index contributed by atoms with van der Waals surface area (Å²) in [6, 6.07) is 5.62. The smallest absolute Gasteiger partial charge is 0.262 e. The van der Waals surface area contributed by atoms with Crippen LogP contribution in [0.4, 0.5) is 10.1 Å². The van der Waals surface area contributed by atoms with E-state index in [1.54, 1.807) is 25.3 Å². The zero-order chi connectivity index (χ0) is 19.8. The second kappa shape index (κ2) is 7.67. The largest absolute Gasteiger partial charge is 0.325 e. The van der Waals surface area contributed by atoms with Gasteiger partial charge in [0.15, 0.2) is 5.16 Å². The van der Waals surface area contributed by atoms with Gasteiger partial charge >= 0.3 is 0 Å². The number of anilines is 1. The quantitative estimate of drug-likeness (QED) is 0.512.